The average molecular weight is 304 g/mol. The van der Waals surface area contributed by atoms with Crippen LogP contribution in [0.4, 0.5) is 10.6 Å². The van der Waals surface area contributed by atoms with Crippen molar-refractivity contribution < 1.29 is 4.79 Å². The fraction of sp³-hybridized carbons (Fsp3) is 0.647. The van der Waals surface area contributed by atoms with Crippen LogP contribution in [0.2, 0.25) is 0 Å². The van der Waals surface area contributed by atoms with Gasteiger partial charge >= 0.3 is 6.03 Å². The van der Waals surface area contributed by atoms with Crippen LogP contribution in [0.15, 0.2) is 18.3 Å². The Balaban J connectivity index is 1.85. The monoisotopic (exact) mass is 304 g/mol. The molecule has 2 heterocycles. The van der Waals surface area contributed by atoms with E-state index in [4.69, 9.17) is 0 Å². The quantitative estimate of drug-likeness (QED) is 0.910. The molecule has 0 aliphatic carbocycles. The number of amides is 2. The topological polar surface area (TPSA) is 48.5 Å². The van der Waals surface area contributed by atoms with E-state index in [1.807, 2.05) is 20.0 Å². The minimum atomic E-state index is -0.0147. The number of hydrogen-bond acceptors (Lipinski definition) is 3. The molecule has 0 saturated carbocycles. The highest BCUT2D eigenvalue weighted by molar-refractivity contribution is 5.74. The van der Waals surface area contributed by atoms with Crippen LogP contribution < -0.4 is 10.2 Å². The van der Waals surface area contributed by atoms with E-state index in [-0.39, 0.29) is 6.03 Å². The molecule has 22 heavy (non-hydrogen) atoms. The van der Waals surface area contributed by atoms with Crippen molar-refractivity contribution in [3.63, 3.8) is 0 Å². The molecule has 122 valence electrons. The van der Waals surface area contributed by atoms with E-state index in [2.05, 4.69) is 34.3 Å². The Morgan fingerprint density at radius 2 is 2.00 bits per heavy atom. The third kappa shape index (κ3) is 4.36. The van der Waals surface area contributed by atoms with Crippen molar-refractivity contribution in [2.24, 2.45) is 5.92 Å². The van der Waals surface area contributed by atoms with Gasteiger partial charge in [0.2, 0.25) is 0 Å². The minimum absolute atomic E-state index is 0.0147. The summed E-state index contributed by atoms with van der Waals surface area (Å²) < 4.78 is 0. The van der Waals surface area contributed by atoms with Gasteiger partial charge in [-0.2, -0.15) is 0 Å². The molecule has 0 spiro atoms. The van der Waals surface area contributed by atoms with E-state index in [0.717, 1.165) is 43.5 Å². The summed E-state index contributed by atoms with van der Waals surface area (Å²) >= 11 is 0. The number of nitrogens with one attached hydrogen (secondary N) is 1. The van der Waals surface area contributed by atoms with Gasteiger partial charge in [0, 0.05) is 38.9 Å². The molecule has 1 aliphatic heterocycles. The van der Waals surface area contributed by atoms with E-state index in [0.29, 0.717) is 6.54 Å². The Labute approximate surface area is 133 Å². The summed E-state index contributed by atoms with van der Waals surface area (Å²) in [5, 5.41) is 2.94. The lowest BCUT2D eigenvalue weighted by atomic mass is 9.99. The summed E-state index contributed by atoms with van der Waals surface area (Å²) in [6.45, 7) is 10.4. The van der Waals surface area contributed by atoms with Gasteiger partial charge in [0.05, 0.1) is 0 Å². The maximum Gasteiger partial charge on any atom is 0.317 e. The molecule has 0 unspecified atom stereocenters. The molecule has 1 N–H and O–H groups in total. The fourth-order valence-electron chi connectivity index (χ4n) is 2.75. The lowest BCUT2D eigenvalue weighted by molar-refractivity contribution is 0.203. The Hall–Kier alpha value is -1.78. The van der Waals surface area contributed by atoms with Crippen LogP contribution in [0.25, 0.3) is 0 Å². The molecule has 1 aromatic heterocycles. The first-order valence-corrected chi connectivity index (χ1v) is 8.36. The summed E-state index contributed by atoms with van der Waals surface area (Å²) in [5.74, 6) is 1.87. The van der Waals surface area contributed by atoms with E-state index < -0.39 is 0 Å². The summed E-state index contributed by atoms with van der Waals surface area (Å²) in [7, 11) is 0. The summed E-state index contributed by atoms with van der Waals surface area (Å²) in [4.78, 5) is 20.6. The predicted octanol–water partition coefficient (Wildman–Crippen LogP) is 2.87. The largest absolute Gasteiger partial charge is 0.357 e. The summed E-state index contributed by atoms with van der Waals surface area (Å²) in [6, 6.07) is 4.11. The van der Waals surface area contributed by atoms with Crippen LogP contribution in [-0.2, 0) is 6.54 Å². The standard InChI is InChI=1S/C17H28N4O/c1-4-20(5-2)17(22)19-13-15-6-7-16(18-12-15)21-10-8-14(3)9-11-21/h6-7,12,14H,4-5,8-11,13H2,1-3H3,(H,19,22). The highest BCUT2D eigenvalue weighted by Crippen LogP contribution is 2.21. The van der Waals surface area contributed by atoms with Crippen molar-refractivity contribution in [1.29, 1.82) is 0 Å². The maximum atomic E-state index is 11.9. The SMILES string of the molecule is CCN(CC)C(=O)NCc1ccc(N2CCC(C)CC2)nc1. The third-order valence-electron chi connectivity index (χ3n) is 4.41. The van der Waals surface area contributed by atoms with Crippen LogP contribution in [0.3, 0.4) is 0 Å². The Morgan fingerprint density at radius 3 is 2.55 bits per heavy atom. The van der Waals surface area contributed by atoms with Gasteiger partial charge in [-0.1, -0.05) is 13.0 Å². The molecule has 5 heteroatoms. The van der Waals surface area contributed by atoms with Crippen molar-refractivity contribution in [3.05, 3.63) is 23.9 Å². The molecule has 0 bridgehead atoms. The molecule has 0 atom stereocenters. The molecular formula is C17H28N4O. The van der Waals surface area contributed by atoms with Gasteiger partial charge in [-0.15, -0.1) is 0 Å². The van der Waals surface area contributed by atoms with Crippen LogP contribution >= 0.6 is 0 Å². The minimum Gasteiger partial charge on any atom is -0.357 e. The van der Waals surface area contributed by atoms with Crippen molar-refractivity contribution in [3.8, 4) is 0 Å². The van der Waals surface area contributed by atoms with E-state index >= 15 is 0 Å². The number of carbonyl (C=O) groups excluding carboxylic acids is 1. The number of nitrogens with zero attached hydrogens (tertiary/aromatic N) is 3. The second-order valence-corrected chi connectivity index (χ2v) is 6.03. The number of pyridine rings is 1. The Bertz CT molecular complexity index is 462. The first-order valence-electron chi connectivity index (χ1n) is 8.36. The molecule has 0 aromatic carbocycles. The van der Waals surface area contributed by atoms with Crippen molar-refractivity contribution >= 4 is 11.8 Å². The summed E-state index contributed by atoms with van der Waals surface area (Å²) in [5.41, 5.74) is 1.04. The van der Waals surface area contributed by atoms with E-state index in [1.165, 1.54) is 12.8 Å². The molecule has 1 saturated heterocycles. The van der Waals surface area contributed by atoms with Crippen molar-refractivity contribution in [2.45, 2.75) is 40.2 Å². The van der Waals surface area contributed by atoms with Gasteiger partial charge in [0.1, 0.15) is 5.82 Å². The van der Waals surface area contributed by atoms with Crippen LogP contribution in [0.1, 0.15) is 39.2 Å². The predicted molar refractivity (Wildman–Crippen MR) is 90.0 cm³/mol. The lowest BCUT2D eigenvalue weighted by Crippen LogP contribution is -2.39. The molecular weight excluding hydrogens is 276 g/mol. The molecule has 5 nitrogen and oxygen atoms in total. The first kappa shape index (κ1) is 16.6. The van der Waals surface area contributed by atoms with Gasteiger partial charge < -0.3 is 15.1 Å². The van der Waals surface area contributed by atoms with E-state index in [1.54, 1.807) is 4.90 Å². The molecule has 1 aromatic rings. The summed E-state index contributed by atoms with van der Waals surface area (Å²) in [6.07, 6.45) is 4.35. The number of aromatic nitrogens is 1. The second kappa shape index (κ2) is 8.01. The fourth-order valence-corrected chi connectivity index (χ4v) is 2.75. The van der Waals surface area contributed by atoms with Gasteiger partial charge in [0.25, 0.3) is 0 Å². The van der Waals surface area contributed by atoms with Gasteiger partial charge in [-0.05, 0) is 44.2 Å². The number of hydrogen-bond donors (Lipinski definition) is 1. The van der Waals surface area contributed by atoms with Crippen molar-refractivity contribution in [2.75, 3.05) is 31.1 Å². The third-order valence-corrected chi connectivity index (χ3v) is 4.41. The van der Waals surface area contributed by atoms with Gasteiger partial charge in [0.15, 0.2) is 0 Å². The molecule has 1 fully saturated rings. The Morgan fingerprint density at radius 1 is 1.32 bits per heavy atom. The molecule has 2 amide bonds. The zero-order valence-corrected chi connectivity index (χ0v) is 14.0. The zero-order chi connectivity index (χ0) is 15.9. The van der Waals surface area contributed by atoms with E-state index in [9.17, 15) is 4.79 Å². The lowest BCUT2D eigenvalue weighted by Gasteiger charge is -2.31. The van der Waals surface area contributed by atoms with Crippen LogP contribution in [0, 0.1) is 5.92 Å². The second-order valence-electron chi connectivity index (χ2n) is 6.03. The number of carbonyl (C=O) groups is 1. The van der Waals surface area contributed by atoms with Crippen LogP contribution in [0.5, 0.6) is 0 Å². The van der Waals surface area contributed by atoms with Crippen LogP contribution in [-0.4, -0.2) is 42.1 Å². The normalized spacial score (nSPS) is 15.7. The highest BCUT2D eigenvalue weighted by Gasteiger charge is 2.16. The molecule has 0 radical (unpaired) electrons. The van der Waals surface area contributed by atoms with Gasteiger partial charge in [-0.3, -0.25) is 0 Å². The molecule has 2 rings (SSSR count). The van der Waals surface area contributed by atoms with Gasteiger partial charge in [-0.25, -0.2) is 9.78 Å². The number of piperidine rings is 1. The zero-order valence-electron chi connectivity index (χ0n) is 14.0. The van der Waals surface area contributed by atoms with Crippen molar-refractivity contribution in [1.82, 2.24) is 15.2 Å². The number of anilines is 1. The molecule has 1 aliphatic rings. The highest BCUT2D eigenvalue weighted by atomic mass is 16.2. The number of urea groups is 1. The average Bonchev–Trinajstić information content (AvgIpc) is 2.55. The first-order chi connectivity index (χ1) is 10.6. The Kier molecular flexibility index (Phi) is 6.04. The smallest absolute Gasteiger partial charge is 0.317 e. The number of rotatable bonds is 5. The maximum absolute atomic E-state index is 11.9.